The Morgan fingerprint density at radius 1 is 1.32 bits per heavy atom. The summed E-state index contributed by atoms with van der Waals surface area (Å²) in [6.07, 6.45) is 4.53. The molecule has 0 saturated carbocycles. The van der Waals surface area contributed by atoms with Gasteiger partial charge >= 0.3 is 0 Å². The number of alkyl halides is 1. The summed E-state index contributed by atoms with van der Waals surface area (Å²) in [7, 11) is 0. The van der Waals surface area contributed by atoms with Gasteiger partial charge in [-0.3, -0.25) is 0 Å². The Morgan fingerprint density at radius 3 is 2.74 bits per heavy atom. The monoisotopic (exact) mass is 300 g/mol. The number of nitrogens with zero attached hydrogens (tertiary/aromatic N) is 4. The lowest BCUT2D eigenvalue weighted by atomic mass is 10.3. The van der Waals surface area contributed by atoms with E-state index in [1.54, 1.807) is 0 Å². The molecule has 0 unspecified atom stereocenters. The van der Waals surface area contributed by atoms with E-state index in [0.717, 1.165) is 42.2 Å². The predicted molar refractivity (Wildman–Crippen MR) is 83.1 cm³/mol. The smallest absolute Gasteiger partial charge is 0.158 e. The van der Waals surface area contributed by atoms with Gasteiger partial charge in [0.25, 0.3) is 0 Å². The lowest BCUT2D eigenvalue weighted by Crippen LogP contribution is -2.08. The SMILES string of the molecule is CCn1nc(C)c2nc(CCl)n(CCCCSC)c21. The molecule has 2 heterocycles. The van der Waals surface area contributed by atoms with Crippen LogP contribution in [-0.2, 0) is 19.0 Å². The summed E-state index contributed by atoms with van der Waals surface area (Å²) in [6.45, 7) is 5.96. The van der Waals surface area contributed by atoms with E-state index < -0.39 is 0 Å². The number of fused-ring (bicyclic) bond motifs is 1. The minimum absolute atomic E-state index is 0.459. The Balaban J connectivity index is 2.32. The van der Waals surface area contributed by atoms with Crippen LogP contribution in [0.1, 0.15) is 31.3 Å². The van der Waals surface area contributed by atoms with Crippen LogP contribution in [0.4, 0.5) is 0 Å². The van der Waals surface area contributed by atoms with Gasteiger partial charge in [0, 0.05) is 13.1 Å². The summed E-state index contributed by atoms with van der Waals surface area (Å²) in [6, 6.07) is 0. The van der Waals surface area contributed by atoms with E-state index in [0.29, 0.717) is 5.88 Å². The molecule has 0 N–H and O–H groups in total. The highest BCUT2D eigenvalue weighted by atomic mass is 35.5. The molecule has 106 valence electrons. The second kappa shape index (κ2) is 6.66. The zero-order valence-electron chi connectivity index (χ0n) is 11.8. The molecule has 0 aliphatic heterocycles. The molecule has 4 nitrogen and oxygen atoms in total. The molecule has 0 radical (unpaired) electrons. The number of hydrogen-bond acceptors (Lipinski definition) is 3. The fourth-order valence-corrected chi connectivity index (χ4v) is 3.04. The number of unbranched alkanes of at least 4 members (excludes halogenated alkanes) is 1. The largest absolute Gasteiger partial charge is 0.312 e. The normalized spacial score (nSPS) is 11.6. The molecule has 19 heavy (non-hydrogen) atoms. The lowest BCUT2D eigenvalue weighted by molar-refractivity contribution is 0.591. The van der Waals surface area contributed by atoms with E-state index in [-0.39, 0.29) is 0 Å². The summed E-state index contributed by atoms with van der Waals surface area (Å²) in [4.78, 5) is 4.64. The second-order valence-electron chi connectivity index (χ2n) is 4.59. The molecule has 0 spiro atoms. The Hall–Kier alpha value is -0.680. The third-order valence-electron chi connectivity index (χ3n) is 3.28. The van der Waals surface area contributed by atoms with Gasteiger partial charge in [-0.2, -0.15) is 16.9 Å². The van der Waals surface area contributed by atoms with Gasteiger partial charge in [-0.1, -0.05) is 0 Å². The van der Waals surface area contributed by atoms with Crippen molar-refractivity contribution in [1.82, 2.24) is 19.3 Å². The first kappa shape index (κ1) is 14.7. The van der Waals surface area contributed by atoms with E-state index in [2.05, 4.69) is 27.8 Å². The maximum absolute atomic E-state index is 6.03. The van der Waals surface area contributed by atoms with E-state index in [1.165, 1.54) is 12.2 Å². The Morgan fingerprint density at radius 2 is 2.11 bits per heavy atom. The van der Waals surface area contributed by atoms with E-state index in [1.807, 2.05) is 23.4 Å². The van der Waals surface area contributed by atoms with Gasteiger partial charge in [0.1, 0.15) is 11.3 Å². The first-order valence-corrected chi connectivity index (χ1v) is 8.63. The van der Waals surface area contributed by atoms with Crippen LogP contribution < -0.4 is 0 Å². The van der Waals surface area contributed by atoms with E-state index >= 15 is 0 Å². The molecule has 0 atom stereocenters. The van der Waals surface area contributed by atoms with Crippen molar-refractivity contribution in [2.24, 2.45) is 0 Å². The van der Waals surface area contributed by atoms with E-state index in [4.69, 9.17) is 11.6 Å². The number of aryl methyl sites for hydroxylation is 3. The molecule has 6 heteroatoms. The number of aromatic nitrogens is 4. The number of rotatable bonds is 7. The first-order chi connectivity index (χ1) is 9.22. The average molecular weight is 301 g/mol. The molecule has 0 bridgehead atoms. The van der Waals surface area contributed by atoms with Crippen molar-refractivity contribution < 1.29 is 0 Å². The third kappa shape index (κ3) is 2.92. The Labute approximate surface area is 123 Å². The fourth-order valence-electron chi connectivity index (χ4n) is 2.34. The summed E-state index contributed by atoms with van der Waals surface area (Å²) in [5, 5.41) is 4.53. The first-order valence-electron chi connectivity index (χ1n) is 6.70. The van der Waals surface area contributed by atoms with Crippen molar-refractivity contribution in [1.29, 1.82) is 0 Å². The molecule has 0 saturated heterocycles. The number of thioether (sulfide) groups is 1. The van der Waals surface area contributed by atoms with Gasteiger partial charge in [0.05, 0.1) is 11.6 Å². The predicted octanol–water partition coefficient (Wildman–Crippen LogP) is 3.44. The zero-order chi connectivity index (χ0) is 13.8. The third-order valence-corrected chi connectivity index (χ3v) is 4.21. The van der Waals surface area contributed by atoms with Crippen LogP contribution in [0.2, 0.25) is 0 Å². The quantitative estimate of drug-likeness (QED) is 0.580. The van der Waals surface area contributed by atoms with Crippen molar-refractivity contribution >= 4 is 34.5 Å². The van der Waals surface area contributed by atoms with Crippen LogP contribution >= 0.6 is 23.4 Å². The molecular weight excluding hydrogens is 280 g/mol. The molecule has 0 amide bonds. The number of halogens is 1. The van der Waals surface area contributed by atoms with Crippen LogP contribution in [0.5, 0.6) is 0 Å². The highest BCUT2D eigenvalue weighted by molar-refractivity contribution is 7.98. The van der Waals surface area contributed by atoms with Gasteiger partial charge in [0.2, 0.25) is 0 Å². The lowest BCUT2D eigenvalue weighted by Gasteiger charge is -2.08. The molecule has 0 aliphatic carbocycles. The van der Waals surface area contributed by atoms with Crippen LogP contribution in [0.15, 0.2) is 0 Å². The van der Waals surface area contributed by atoms with Crippen LogP contribution in [0.3, 0.4) is 0 Å². The van der Waals surface area contributed by atoms with Crippen LogP contribution in [-0.4, -0.2) is 31.3 Å². The maximum Gasteiger partial charge on any atom is 0.158 e. The molecule has 0 aliphatic rings. The maximum atomic E-state index is 6.03. The number of hydrogen-bond donors (Lipinski definition) is 0. The van der Waals surface area contributed by atoms with E-state index in [9.17, 15) is 0 Å². The van der Waals surface area contributed by atoms with Crippen molar-refractivity contribution in [2.75, 3.05) is 12.0 Å². The minimum Gasteiger partial charge on any atom is -0.312 e. The van der Waals surface area contributed by atoms with Gasteiger partial charge in [0.15, 0.2) is 5.65 Å². The zero-order valence-corrected chi connectivity index (χ0v) is 13.4. The molecule has 0 aromatic carbocycles. The van der Waals surface area contributed by atoms with Crippen LogP contribution in [0.25, 0.3) is 11.2 Å². The summed E-state index contributed by atoms with van der Waals surface area (Å²) in [5.74, 6) is 2.63. The Kier molecular flexibility index (Phi) is 5.16. The molecule has 2 aromatic heterocycles. The molecule has 0 fully saturated rings. The summed E-state index contributed by atoms with van der Waals surface area (Å²) >= 11 is 7.93. The number of imidazole rings is 1. The standard InChI is InChI=1S/C13H21ClN4S/c1-4-18-13-12(10(2)16-18)15-11(9-14)17(13)7-5-6-8-19-3/h4-9H2,1-3H3. The fraction of sp³-hybridized carbons (Fsp3) is 0.692. The average Bonchev–Trinajstić information content (AvgIpc) is 2.93. The van der Waals surface area contributed by atoms with Crippen molar-refractivity contribution in [3.8, 4) is 0 Å². The second-order valence-corrected chi connectivity index (χ2v) is 5.84. The minimum atomic E-state index is 0.459. The summed E-state index contributed by atoms with van der Waals surface area (Å²) < 4.78 is 4.27. The highest BCUT2D eigenvalue weighted by Gasteiger charge is 2.17. The van der Waals surface area contributed by atoms with Gasteiger partial charge < -0.3 is 4.57 Å². The van der Waals surface area contributed by atoms with Gasteiger partial charge in [-0.05, 0) is 38.7 Å². The van der Waals surface area contributed by atoms with Crippen molar-refractivity contribution in [3.63, 3.8) is 0 Å². The topological polar surface area (TPSA) is 35.6 Å². The van der Waals surface area contributed by atoms with Crippen molar-refractivity contribution in [2.45, 2.75) is 45.7 Å². The molecule has 2 rings (SSSR count). The van der Waals surface area contributed by atoms with Crippen molar-refractivity contribution in [3.05, 3.63) is 11.5 Å². The van der Waals surface area contributed by atoms with Crippen LogP contribution in [0, 0.1) is 6.92 Å². The molecular formula is C13H21ClN4S. The highest BCUT2D eigenvalue weighted by Crippen LogP contribution is 2.21. The Bertz CT molecular complexity index is 546. The van der Waals surface area contributed by atoms with Gasteiger partial charge in [-0.25, -0.2) is 9.67 Å². The van der Waals surface area contributed by atoms with Gasteiger partial charge in [-0.15, -0.1) is 11.6 Å². The molecule has 2 aromatic rings. The summed E-state index contributed by atoms with van der Waals surface area (Å²) in [5.41, 5.74) is 3.12.